The summed E-state index contributed by atoms with van der Waals surface area (Å²) in [6.07, 6.45) is 2.33. The third-order valence-corrected chi connectivity index (χ3v) is 5.55. The van der Waals surface area contributed by atoms with Crippen LogP contribution in [0.15, 0.2) is 35.5 Å². The van der Waals surface area contributed by atoms with Crippen LogP contribution >= 0.6 is 11.8 Å². The number of hydrogen-bond donors (Lipinski definition) is 0. The molecule has 0 bridgehead atoms. The molecule has 1 aliphatic heterocycles. The van der Waals surface area contributed by atoms with Crippen molar-refractivity contribution in [2.24, 2.45) is 0 Å². The number of hydrogen-bond acceptors (Lipinski definition) is 5. The van der Waals surface area contributed by atoms with Crippen LogP contribution in [0, 0.1) is 0 Å². The number of thioether (sulfide) groups is 1. The van der Waals surface area contributed by atoms with Crippen molar-refractivity contribution >= 4 is 17.7 Å². The van der Waals surface area contributed by atoms with E-state index in [2.05, 4.69) is 14.8 Å². The van der Waals surface area contributed by atoms with Gasteiger partial charge in [0.1, 0.15) is 0 Å². The maximum atomic E-state index is 12.3. The first-order chi connectivity index (χ1) is 12.7. The van der Waals surface area contributed by atoms with Gasteiger partial charge >= 0.3 is 0 Å². The summed E-state index contributed by atoms with van der Waals surface area (Å²) >= 11 is 1.46. The maximum absolute atomic E-state index is 12.3. The molecule has 1 amide bonds. The Balaban J connectivity index is 1.80. The second-order valence-corrected chi connectivity index (χ2v) is 7.22. The lowest BCUT2D eigenvalue weighted by Crippen LogP contribution is -2.32. The highest BCUT2D eigenvalue weighted by Gasteiger charge is 2.22. The highest BCUT2D eigenvalue weighted by molar-refractivity contribution is 7.99. The first-order valence-corrected chi connectivity index (χ1v) is 10.2. The van der Waals surface area contributed by atoms with Crippen molar-refractivity contribution in [3.8, 4) is 11.4 Å². The average Bonchev–Trinajstić information content (AvgIpc) is 3.32. The smallest absolute Gasteiger partial charge is 0.233 e. The summed E-state index contributed by atoms with van der Waals surface area (Å²) in [5, 5.41) is 9.55. The van der Waals surface area contributed by atoms with E-state index in [9.17, 15) is 4.79 Å². The number of aromatic nitrogens is 3. The molecule has 1 aromatic carbocycles. The van der Waals surface area contributed by atoms with Crippen molar-refractivity contribution in [1.29, 1.82) is 0 Å². The predicted octanol–water partition coefficient (Wildman–Crippen LogP) is 3.08. The molecule has 26 heavy (non-hydrogen) atoms. The summed E-state index contributed by atoms with van der Waals surface area (Å²) in [6, 6.07) is 10.0. The van der Waals surface area contributed by atoms with E-state index in [1.54, 1.807) is 0 Å². The topological polar surface area (TPSA) is 60.2 Å². The molecule has 2 aromatic rings. The minimum absolute atomic E-state index is 0.132. The molecule has 1 atom stereocenters. The number of ether oxygens (including phenoxy) is 1. The van der Waals surface area contributed by atoms with Gasteiger partial charge in [-0.2, -0.15) is 0 Å². The average molecular weight is 375 g/mol. The minimum atomic E-state index is 0.132. The lowest BCUT2D eigenvalue weighted by atomic mass is 10.2. The Hall–Kier alpha value is -1.86. The minimum Gasteiger partial charge on any atom is -0.376 e. The van der Waals surface area contributed by atoms with Gasteiger partial charge in [-0.25, -0.2) is 0 Å². The standard InChI is InChI=1S/C19H26N4O2S/c1-3-22(4-2)17(24)14-26-19-21-20-18(15-9-6-5-7-10-15)23(19)13-16-11-8-12-25-16/h5-7,9-10,16H,3-4,8,11-14H2,1-2H3/t16-/m0/s1. The quantitative estimate of drug-likeness (QED) is 0.665. The van der Waals surface area contributed by atoms with Gasteiger partial charge in [-0.15, -0.1) is 10.2 Å². The van der Waals surface area contributed by atoms with Gasteiger partial charge in [0.2, 0.25) is 5.91 Å². The van der Waals surface area contributed by atoms with E-state index in [0.29, 0.717) is 5.75 Å². The summed E-state index contributed by atoms with van der Waals surface area (Å²) in [5.74, 6) is 1.34. The first kappa shape index (κ1) is 18.9. The normalized spacial score (nSPS) is 16.8. The van der Waals surface area contributed by atoms with Crippen LogP contribution in [0.2, 0.25) is 0 Å². The molecule has 1 saturated heterocycles. The van der Waals surface area contributed by atoms with Crippen molar-refractivity contribution in [2.45, 2.75) is 44.5 Å². The van der Waals surface area contributed by atoms with E-state index in [1.165, 1.54) is 11.8 Å². The molecular formula is C19H26N4O2S. The fourth-order valence-electron chi connectivity index (χ4n) is 3.15. The zero-order valence-electron chi connectivity index (χ0n) is 15.4. The molecule has 0 unspecified atom stereocenters. The van der Waals surface area contributed by atoms with Crippen molar-refractivity contribution in [3.63, 3.8) is 0 Å². The van der Waals surface area contributed by atoms with Gasteiger partial charge in [-0.1, -0.05) is 42.1 Å². The third kappa shape index (κ3) is 4.45. The Morgan fingerprint density at radius 1 is 1.27 bits per heavy atom. The summed E-state index contributed by atoms with van der Waals surface area (Å²) in [6.45, 7) is 7.00. The van der Waals surface area contributed by atoms with Gasteiger partial charge in [-0.05, 0) is 26.7 Å². The molecule has 0 N–H and O–H groups in total. The lowest BCUT2D eigenvalue weighted by molar-refractivity contribution is -0.127. The molecule has 2 heterocycles. The zero-order chi connectivity index (χ0) is 18.4. The largest absolute Gasteiger partial charge is 0.376 e. The highest BCUT2D eigenvalue weighted by atomic mass is 32.2. The van der Waals surface area contributed by atoms with Gasteiger partial charge in [-0.3, -0.25) is 9.36 Å². The van der Waals surface area contributed by atoms with E-state index < -0.39 is 0 Å². The molecule has 140 valence electrons. The van der Waals surface area contributed by atoms with E-state index in [-0.39, 0.29) is 12.0 Å². The fourth-order valence-corrected chi connectivity index (χ4v) is 4.00. The molecular weight excluding hydrogens is 348 g/mol. The van der Waals surface area contributed by atoms with Crippen molar-refractivity contribution < 1.29 is 9.53 Å². The summed E-state index contributed by atoms with van der Waals surface area (Å²) < 4.78 is 7.91. The highest BCUT2D eigenvalue weighted by Crippen LogP contribution is 2.26. The number of rotatable bonds is 8. The SMILES string of the molecule is CCN(CC)C(=O)CSc1nnc(-c2ccccc2)n1C[C@@H]1CCCO1. The van der Waals surface area contributed by atoms with Gasteiger partial charge < -0.3 is 9.64 Å². The van der Waals surface area contributed by atoms with Crippen LogP contribution < -0.4 is 0 Å². The molecule has 3 rings (SSSR count). The maximum Gasteiger partial charge on any atom is 0.233 e. The van der Waals surface area contributed by atoms with Gasteiger partial charge in [0.15, 0.2) is 11.0 Å². The Bertz CT molecular complexity index is 710. The van der Waals surface area contributed by atoms with Gasteiger partial charge in [0, 0.05) is 25.3 Å². The predicted molar refractivity (Wildman–Crippen MR) is 103 cm³/mol. The summed E-state index contributed by atoms with van der Waals surface area (Å²) in [4.78, 5) is 14.2. The van der Waals surface area contributed by atoms with Gasteiger partial charge in [0.25, 0.3) is 0 Å². The van der Waals surface area contributed by atoms with Crippen molar-refractivity contribution in [2.75, 3.05) is 25.4 Å². The molecule has 1 aromatic heterocycles. The van der Waals surface area contributed by atoms with Crippen molar-refractivity contribution in [1.82, 2.24) is 19.7 Å². The molecule has 7 heteroatoms. The van der Waals surface area contributed by atoms with E-state index in [0.717, 1.165) is 55.6 Å². The lowest BCUT2D eigenvalue weighted by Gasteiger charge is -2.18. The molecule has 0 radical (unpaired) electrons. The Morgan fingerprint density at radius 3 is 2.69 bits per heavy atom. The number of carbonyl (C=O) groups is 1. The van der Waals surface area contributed by atoms with Crippen LogP contribution in [0.3, 0.4) is 0 Å². The Kier molecular flexibility index (Phi) is 6.68. The molecule has 1 fully saturated rings. The molecule has 0 spiro atoms. The molecule has 0 aliphatic carbocycles. The number of benzene rings is 1. The Labute approximate surface area is 158 Å². The second kappa shape index (κ2) is 9.19. The molecule has 0 saturated carbocycles. The van der Waals surface area contributed by atoms with Gasteiger partial charge in [0.05, 0.1) is 18.4 Å². The van der Waals surface area contributed by atoms with E-state index in [1.807, 2.05) is 49.1 Å². The van der Waals surface area contributed by atoms with E-state index >= 15 is 0 Å². The van der Waals surface area contributed by atoms with Crippen LogP contribution in [-0.2, 0) is 16.1 Å². The monoisotopic (exact) mass is 374 g/mol. The zero-order valence-corrected chi connectivity index (χ0v) is 16.2. The second-order valence-electron chi connectivity index (χ2n) is 6.27. The van der Waals surface area contributed by atoms with Crippen LogP contribution in [0.5, 0.6) is 0 Å². The van der Waals surface area contributed by atoms with Crippen LogP contribution in [0.25, 0.3) is 11.4 Å². The van der Waals surface area contributed by atoms with Crippen LogP contribution in [-0.4, -0.2) is 57.1 Å². The molecule has 6 nitrogen and oxygen atoms in total. The fraction of sp³-hybridized carbons (Fsp3) is 0.526. The van der Waals surface area contributed by atoms with Crippen molar-refractivity contribution in [3.05, 3.63) is 30.3 Å². The first-order valence-electron chi connectivity index (χ1n) is 9.23. The number of nitrogens with zero attached hydrogens (tertiary/aromatic N) is 4. The summed E-state index contributed by atoms with van der Waals surface area (Å²) in [7, 11) is 0. The van der Waals surface area contributed by atoms with Crippen LogP contribution in [0.1, 0.15) is 26.7 Å². The number of carbonyl (C=O) groups excluding carboxylic acids is 1. The Morgan fingerprint density at radius 2 is 2.04 bits per heavy atom. The number of amides is 1. The molecule has 1 aliphatic rings. The van der Waals surface area contributed by atoms with Crippen LogP contribution in [0.4, 0.5) is 0 Å². The third-order valence-electron chi connectivity index (χ3n) is 4.60. The van der Waals surface area contributed by atoms with E-state index in [4.69, 9.17) is 4.74 Å². The summed E-state index contributed by atoms with van der Waals surface area (Å²) in [5.41, 5.74) is 1.03.